The Morgan fingerprint density at radius 2 is 0.636 bits per heavy atom. The molecular formula is C82H101N15O15S6. The van der Waals surface area contributed by atoms with Crippen LogP contribution in [0.15, 0.2) is 97.1 Å². The molecule has 30 nitrogen and oxygen atoms in total. The highest BCUT2D eigenvalue weighted by atomic mass is 32.1. The van der Waals surface area contributed by atoms with E-state index < -0.39 is 0 Å². The third kappa shape index (κ3) is 36.2. The van der Waals surface area contributed by atoms with Crippen LogP contribution in [-0.4, -0.2) is 156 Å². The molecule has 0 bridgehead atoms. The first-order valence-electron chi connectivity index (χ1n) is 39.3. The van der Waals surface area contributed by atoms with Gasteiger partial charge in [-0.05, 0) is 150 Å². The van der Waals surface area contributed by atoms with Gasteiger partial charge in [-0.2, -0.15) is 0 Å². The number of ether oxygens (including phenoxy) is 7. The lowest BCUT2D eigenvalue weighted by molar-refractivity contribution is -0.144. The number of hydrogen-bond donors (Lipinski definition) is 3. The van der Waals surface area contributed by atoms with E-state index >= 15 is 0 Å². The van der Waals surface area contributed by atoms with Gasteiger partial charge in [0.2, 0.25) is 27.2 Å². The second-order valence-corrected chi connectivity index (χ2v) is 33.2. The molecule has 630 valence electrons. The maximum atomic E-state index is 12.4. The van der Waals surface area contributed by atoms with Crippen molar-refractivity contribution >= 4 is 130 Å². The first-order valence-corrected chi connectivity index (χ1v) is 44.2. The van der Waals surface area contributed by atoms with Gasteiger partial charge in [0.25, 0.3) is 5.91 Å². The number of hydrogen-bond acceptors (Lipinski definition) is 33. The minimum atomic E-state index is -0.328. The van der Waals surface area contributed by atoms with Gasteiger partial charge in [-0.15, -0.1) is 95.2 Å². The second-order valence-electron chi connectivity index (χ2n) is 26.6. The van der Waals surface area contributed by atoms with Gasteiger partial charge in [0.15, 0.2) is 35.4 Å². The number of aryl methyl sites for hydroxylation is 9. The topological polar surface area (TPSA) is 392 Å². The smallest absolute Gasteiger partial charge is 0.305 e. The minimum Gasteiger partial charge on any atom is -0.497 e. The SMILES string of the molecule is CCOC(=O)CCCC(=O)Cc1nnc(CCCCc2nnc(NC(=O)CCCC(=O)OCC)s2)s1.CCc1ccc(CCCC(=O)Cc2nnc(CCCCc3nnc(NC(=O)CCCc4ccc(OC)cc4)s3)s2)cc1.COc1ccccc1OCC(=O)Cc1nnc(CCCCc2nnc(NC(=O)COc3ccccc3OC)s2)s1. The van der Waals surface area contributed by atoms with Crippen molar-refractivity contribution in [2.75, 3.05) is 63.7 Å². The standard InChI is InChI=1S/C32H39N5O3S2.C27H29N5O6S2.C23H33N5O6S2/c1-3-23-14-16-24(17-15-23)8-6-10-26(38)22-31-36-34-29(41-31)12-4-5-13-30-35-37-32(42-30)33-28(39)11-7-9-25-18-20-27(40-2)21-19-25;1-35-19-9-3-5-11-21(19)37-16-18(33)15-26-31-29-24(39-26)13-7-8-14-25-30-32-27(40-25)28-23(34)17-38-22-12-6-4-10-20(22)36-2;1-3-33-21(31)13-7-9-16(29)15-20-27-25-18(35-20)11-5-6-12-19-26-28-23(36-19)24-17(30)10-8-14-22(32)34-4-2/h14-21H,3-13,22H2,1-2H3,(H,33,37,39);3-6,9-12H,7-8,13-17H2,1-2H3,(H,28,32,34);3-15H2,1-2H3,(H,24,28,30). The molecule has 0 aliphatic rings. The van der Waals surface area contributed by atoms with Crippen LogP contribution in [0.2, 0.25) is 0 Å². The number of anilines is 3. The molecule has 118 heavy (non-hydrogen) atoms. The summed E-state index contributed by atoms with van der Waals surface area (Å²) in [7, 11) is 4.75. The van der Waals surface area contributed by atoms with Gasteiger partial charge in [-0.1, -0.05) is 102 Å². The van der Waals surface area contributed by atoms with Crippen LogP contribution in [0.1, 0.15) is 185 Å². The highest BCUT2D eigenvalue weighted by Crippen LogP contribution is 2.29. The van der Waals surface area contributed by atoms with Crippen molar-refractivity contribution in [3.63, 3.8) is 0 Å². The summed E-state index contributed by atoms with van der Waals surface area (Å²) in [4.78, 5) is 96.0. The lowest BCUT2D eigenvalue weighted by Gasteiger charge is -2.09. The summed E-state index contributed by atoms with van der Waals surface area (Å²) >= 11 is 8.52. The Hall–Kier alpha value is -10.4. The van der Waals surface area contributed by atoms with Crippen LogP contribution in [-0.2, 0) is 125 Å². The first-order chi connectivity index (χ1) is 57.4. The zero-order valence-electron chi connectivity index (χ0n) is 67.3. The molecule has 0 radical (unpaired) electrons. The Kier molecular flexibility index (Phi) is 41.9. The fourth-order valence-electron chi connectivity index (χ4n) is 11.3. The number of rotatable bonds is 52. The molecule has 10 aromatic rings. The molecule has 6 heterocycles. The molecule has 0 atom stereocenters. The van der Waals surface area contributed by atoms with Crippen LogP contribution in [0.5, 0.6) is 28.7 Å². The molecule has 4 aromatic carbocycles. The van der Waals surface area contributed by atoms with Gasteiger partial charge in [0.1, 0.15) is 69.0 Å². The molecule has 0 fully saturated rings. The average Bonchev–Trinajstić information content (AvgIpc) is 1.45. The van der Waals surface area contributed by atoms with Crippen molar-refractivity contribution in [2.24, 2.45) is 0 Å². The van der Waals surface area contributed by atoms with E-state index in [1.54, 1.807) is 65.5 Å². The van der Waals surface area contributed by atoms with Crippen molar-refractivity contribution in [3.05, 3.63) is 159 Å². The molecule has 0 saturated carbocycles. The number of carbonyl (C=O) groups is 8. The van der Waals surface area contributed by atoms with Crippen LogP contribution in [0.25, 0.3) is 0 Å². The molecule has 10 rings (SSSR count). The largest absolute Gasteiger partial charge is 0.497 e. The van der Waals surface area contributed by atoms with E-state index in [2.05, 4.69) is 108 Å². The number of aromatic nitrogens is 12. The van der Waals surface area contributed by atoms with Gasteiger partial charge in [-0.25, -0.2) is 0 Å². The zero-order chi connectivity index (χ0) is 83.9. The molecule has 3 amide bonds. The van der Waals surface area contributed by atoms with Crippen molar-refractivity contribution in [1.82, 2.24) is 61.2 Å². The fourth-order valence-corrected chi connectivity index (χ4v) is 16.4. The van der Waals surface area contributed by atoms with Crippen LogP contribution in [0.4, 0.5) is 15.4 Å². The number of ketones is 3. The van der Waals surface area contributed by atoms with Gasteiger partial charge in [0, 0.05) is 77.0 Å². The monoisotopic (exact) mass is 1730 g/mol. The number of para-hydroxylation sites is 4. The Morgan fingerprint density at radius 3 is 1.04 bits per heavy atom. The molecule has 0 unspecified atom stereocenters. The normalized spacial score (nSPS) is 10.8. The number of methoxy groups -OCH3 is 3. The van der Waals surface area contributed by atoms with Crippen LogP contribution < -0.4 is 39.6 Å². The number of carbonyl (C=O) groups excluding carboxylic acids is 8. The van der Waals surface area contributed by atoms with Gasteiger partial charge in [-0.3, -0.25) is 43.7 Å². The van der Waals surface area contributed by atoms with Crippen molar-refractivity contribution < 1.29 is 71.5 Å². The van der Waals surface area contributed by atoms with E-state index in [4.69, 9.17) is 33.2 Å². The highest BCUT2D eigenvalue weighted by Gasteiger charge is 2.19. The molecule has 0 saturated heterocycles. The van der Waals surface area contributed by atoms with Crippen LogP contribution in [0.3, 0.4) is 0 Å². The number of nitrogens with one attached hydrogen (secondary N) is 3. The number of benzene rings is 4. The molecule has 0 aliphatic heterocycles. The van der Waals surface area contributed by atoms with Crippen molar-refractivity contribution in [3.8, 4) is 28.7 Å². The van der Waals surface area contributed by atoms with E-state index in [1.807, 2.05) is 42.5 Å². The Balaban J connectivity index is 0.000000221. The maximum Gasteiger partial charge on any atom is 0.305 e. The Bertz CT molecular complexity index is 4430. The van der Waals surface area contributed by atoms with Crippen LogP contribution >= 0.6 is 68.0 Å². The van der Waals surface area contributed by atoms with E-state index in [1.165, 1.54) is 84.7 Å². The van der Waals surface area contributed by atoms with Gasteiger partial charge in [0.05, 0.1) is 53.8 Å². The third-order valence-corrected chi connectivity index (χ3v) is 22.9. The summed E-state index contributed by atoms with van der Waals surface area (Å²) in [6, 6.07) is 30.9. The van der Waals surface area contributed by atoms with Crippen molar-refractivity contribution in [1.29, 1.82) is 0 Å². The summed E-state index contributed by atoms with van der Waals surface area (Å²) in [5, 5.41) is 67.0. The average molecular weight is 1730 g/mol. The summed E-state index contributed by atoms with van der Waals surface area (Å²) in [6.45, 7) is 6.11. The van der Waals surface area contributed by atoms with Gasteiger partial charge < -0.3 is 43.8 Å². The predicted octanol–water partition coefficient (Wildman–Crippen LogP) is 14.3. The number of unbranched alkanes of at least 4 members (excludes halogenated alkanes) is 3. The second kappa shape index (κ2) is 53.1. The lowest BCUT2D eigenvalue weighted by atomic mass is 10.0. The highest BCUT2D eigenvalue weighted by molar-refractivity contribution is 7.16. The maximum absolute atomic E-state index is 12.4. The molecular weight excluding hydrogens is 1630 g/mol. The van der Waals surface area contributed by atoms with E-state index in [0.717, 1.165) is 150 Å². The van der Waals surface area contributed by atoms with E-state index in [-0.39, 0.29) is 92.3 Å². The fraction of sp³-hybridized carbons (Fsp3) is 0.463. The number of Topliss-reactive ketones (excluding diaryl/α,β-unsaturated/α-hetero) is 3. The summed E-state index contributed by atoms with van der Waals surface area (Å²) in [6.07, 6.45) is 18.2. The van der Waals surface area contributed by atoms with Gasteiger partial charge >= 0.3 is 11.9 Å². The number of esters is 2. The quantitative estimate of drug-likeness (QED) is 0.0235. The van der Waals surface area contributed by atoms with Crippen molar-refractivity contribution in [2.45, 2.75) is 201 Å². The first kappa shape index (κ1) is 93.1. The summed E-state index contributed by atoms with van der Waals surface area (Å²) < 4.78 is 36.4. The third-order valence-electron chi connectivity index (χ3n) is 17.3. The number of nitrogens with zero attached hydrogens (tertiary/aromatic N) is 12. The zero-order valence-corrected chi connectivity index (χ0v) is 72.2. The van der Waals surface area contributed by atoms with E-state index in [0.29, 0.717) is 100 Å². The van der Waals surface area contributed by atoms with E-state index in [9.17, 15) is 38.4 Å². The number of amides is 3. The summed E-state index contributed by atoms with van der Waals surface area (Å²) in [5.74, 6) is 2.01. The summed E-state index contributed by atoms with van der Waals surface area (Å²) in [5.41, 5.74) is 3.80. The molecule has 3 N–H and O–H groups in total. The minimum absolute atomic E-state index is 0.0418. The Labute approximate surface area is 710 Å². The lowest BCUT2D eigenvalue weighted by Crippen LogP contribution is -2.20. The predicted molar refractivity (Wildman–Crippen MR) is 454 cm³/mol. The molecule has 36 heteroatoms. The molecule has 6 aromatic heterocycles. The Morgan fingerprint density at radius 1 is 0.305 bits per heavy atom. The molecule has 0 spiro atoms. The van der Waals surface area contributed by atoms with Crippen LogP contribution in [0, 0.1) is 0 Å². The molecule has 0 aliphatic carbocycles.